The fraction of sp³-hybridized carbons (Fsp3) is 0.706. The number of aliphatic hydroxyl groups is 1. The quantitative estimate of drug-likeness (QED) is 0.892. The van der Waals surface area contributed by atoms with Gasteiger partial charge in [-0.3, -0.25) is 4.79 Å². The van der Waals surface area contributed by atoms with E-state index in [-0.39, 0.29) is 18.0 Å². The summed E-state index contributed by atoms with van der Waals surface area (Å²) in [5, 5.41) is 21.6. The summed E-state index contributed by atoms with van der Waals surface area (Å²) in [7, 11) is 0. The monoisotopic (exact) mass is 318 g/mol. The van der Waals surface area contributed by atoms with E-state index in [2.05, 4.69) is 21.7 Å². The molecule has 0 spiro atoms. The third-order valence-corrected chi connectivity index (χ3v) is 4.86. The highest BCUT2D eigenvalue weighted by atomic mass is 16.3. The van der Waals surface area contributed by atoms with Gasteiger partial charge in [0, 0.05) is 5.57 Å². The molecular formula is C17H26N4O2. The Morgan fingerprint density at radius 2 is 2.13 bits per heavy atom. The Balaban J connectivity index is 1.73. The van der Waals surface area contributed by atoms with Gasteiger partial charge in [-0.15, -0.1) is 5.10 Å². The van der Waals surface area contributed by atoms with Crippen molar-refractivity contribution in [2.45, 2.75) is 76.5 Å². The first-order chi connectivity index (χ1) is 10.9. The lowest BCUT2D eigenvalue weighted by molar-refractivity contribution is -0.118. The van der Waals surface area contributed by atoms with Crippen LogP contribution in [0.2, 0.25) is 0 Å². The standard InChI is InChI=1S/C17H26N4O2/c1-17(2,23)15-11-21(20-19-15)14-10-6-5-9-13(14)18-16(22)12-7-3-4-8-12/h7,11,13-14,23H,3-6,8-10H2,1-2H3,(H,18,22)/t13-,14+/m0/s1. The van der Waals surface area contributed by atoms with Crippen LogP contribution in [-0.2, 0) is 10.4 Å². The number of carbonyl (C=O) groups is 1. The summed E-state index contributed by atoms with van der Waals surface area (Å²) < 4.78 is 1.82. The molecule has 0 aromatic carbocycles. The molecule has 0 saturated heterocycles. The Morgan fingerprint density at radius 3 is 2.78 bits per heavy atom. The van der Waals surface area contributed by atoms with Crippen LogP contribution in [0.5, 0.6) is 0 Å². The van der Waals surface area contributed by atoms with Gasteiger partial charge in [-0.05, 0) is 46.0 Å². The Bertz CT molecular complexity index is 600. The van der Waals surface area contributed by atoms with Crippen molar-refractivity contribution in [2.24, 2.45) is 0 Å². The third kappa shape index (κ3) is 3.63. The van der Waals surface area contributed by atoms with Crippen molar-refractivity contribution in [1.29, 1.82) is 0 Å². The minimum atomic E-state index is -1.000. The van der Waals surface area contributed by atoms with E-state index in [0.29, 0.717) is 5.69 Å². The lowest BCUT2D eigenvalue weighted by atomic mass is 9.90. The molecule has 2 N–H and O–H groups in total. The lowest BCUT2D eigenvalue weighted by Gasteiger charge is -2.32. The number of nitrogens with zero attached hydrogens (tertiary/aromatic N) is 3. The second-order valence-corrected chi connectivity index (χ2v) is 7.20. The zero-order valence-electron chi connectivity index (χ0n) is 14.0. The van der Waals surface area contributed by atoms with E-state index in [9.17, 15) is 9.90 Å². The molecule has 1 aromatic rings. The Labute approximate surface area is 137 Å². The maximum Gasteiger partial charge on any atom is 0.247 e. The highest BCUT2D eigenvalue weighted by Crippen LogP contribution is 2.30. The number of hydrogen-bond donors (Lipinski definition) is 2. The van der Waals surface area contributed by atoms with Crippen LogP contribution in [0, 0.1) is 0 Å². The van der Waals surface area contributed by atoms with Crippen LogP contribution in [-0.4, -0.2) is 32.0 Å². The first-order valence-corrected chi connectivity index (χ1v) is 8.60. The van der Waals surface area contributed by atoms with Crippen LogP contribution < -0.4 is 5.32 Å². The normalized spacial score (nSPS) is 25.3. The average Bonchev–Trinajstić information content (AvgIpc) is 3.19. The van der Waals surface area contributed by atoms with E-state index >= 15 is 0 Å². The average molecular weight is 318 g/mol. The van der Waals surface area contributed by atoms with Gasteiger partial charge in [0.2, 0.25) is 5.91 Å². The van der Waals surface area contributed by atoms with Gasteiger partial charge >= 0.3 is 0 Å². The second kappa shape index (κ2) is 6.43. The van der Waals surface area contributed by atoms with Crippen LogP contribution in [0.25, 0.3) is 0 Å². The highest BCUT2D eigenvalue weighted by Gasteiger charge is 2.31. The summed E-state index contributed by atoms with van der Waals surface area (Å²) in [5.41, 5.74) is 0.483. The smallest absolute Gasteiger partial charge is 0.247 e. The van der Waals surface area contributed by atoms with Crippen molar-refractivity contribution in [2.75, 3.05) is 0 Å². The molecule has 0 radical (unpaired) electrons. The molecule has 1 aromatic heterocycles. The molecule has 0 aliphatic heterocycles. The van der Waals surface area contributed by atoms with Crippen molar-refractivity contribution in [1.82, 2.24) is 20.3 Å². The van der Waals surface area contributed by atoms with E-state index in [4.69, 9.17) is 0 Å². The molecule has 2 aliphatic rings. The Morgan fingerprint density at radius 1 is 1.35 bits per heavy atom. The summed E-state index contributed by atoms with van der Waals surface area (Å²) in [6, 6.07) is 0.187. The van der Waals surface area contributed by atoms with E-state index < -0.39 is 5.60 Å². The maximum atomic E-state index is 12.4. The number of nitrogens with one attached hydrogen (secondary N) is 1. The molecule has 6 nitrogen and oxygen atoms in total. The summed E-state index contributed by atoms with van der Waals surface area (Å²) in [5.74, 6) is 0.0715. The van der Waals surface area contributed by atoms with Crippen LogP contribution in [0.3, 0.4) is 0 Å². The van der Waals surface area contributed by atoms with Crippen molar-refractivity contribution in [3.8, 4) is 0 Å². The summed E-state index contributed by atoms with van der Waals surface area (Å²) in [4.78, 5) is 12.4. The van der Waals surface area contributed by atoms with Gasteiger partial charge in [0.15, 0.2) is 0 Å². The number of aromatic nitrogens is 3. The molecule has 2 atom stereocenters. The van der Waals surface area contributed by atoms with Gasteiger partial charge in [-0.1, -0.05) is 24.1 Å². The summed E-state index contributed by atoms with van der Waals surface area (Å²) >= 11 is 0. The molecule has 23 heavy (non-hydrogen) atoms. The van der Waals surface area contributed by atoms with Crippen molar-refractivity contribution < 1.29 is 9.90 Å². The summed E-state index contributed by atoms with van der Waals surface area (Å²) in [6.45, 7) is 3.40. The van der Waals surface area contributed by atoms with Gasteiger partial charge < -0.3 is 10.4 Å². The number of carbonyl (C=O) groups excluding carboxylic acids is 1. The molecule has 1 heterocycles. The first-order valence-electron chi connectivity index (χ1n) is 8.60. The van der Waals surface area contributed by atoms with Gasteiger partial charge in [0.05, 0.1) is 18.3 Å². The predicted octanol–water partition coefficient (Wildman–Crippen LogP) is 2.22. The molecule has 2 aliphatic carbocycles. The lowest BCUT2D eigenvalue weighted by Crippen LogP contribution is -2.43. The fourth-order valence-corrected chi connectivity index (χ4v) is 3.45. The van der Waals surface area contributed by atoms with Crippen molar-refractivity contribution in [3.63, 3.8) is 0 Å². The number of rotatable bonds is 4. The Hall–Kier alpha value is -1.69. The van der Waals surface area contributed by atoms with Gasteiger partial charge in [0.25, 0.3) is 0 Å². The van der Waals surface area contributed by atoms with Crippen molar-refractivity contribution in [3.05, 3.63) is 23.5 Å². The zero-order chi connectivity index (χ0) is 16.4. The van der Waals surface area contributed by atoms with Crippen LogP contribution >= 0.6 is 0 Å². The highest BCUT2D eigenvalue weighted by molar-refractivity contribution is 5.94. The van der Waals surface area contributed by atoms with E-state index in [1.54, 1.807) is 13.8 Å². The van der Waals surface area contributed by atoms with Crippen molar-refractivity contribution >= 4 is 5.91 Å². The minimum Gasteiger partial charge on any atom is -0.384 e. The Kier molecular flexibility index (Phi) is 4.53. The molecule has 1 fully saturated rings. The third-order valence-electron chi connectivity index (χ3n) is 4.86. The number of hydrogen-bond acceptors (Lipinski definition) is 4. The SMILES string of the molecule is CC(C)(O)c1cn([C@@H]2CCCC[C@@H]2NC(=O)C2=CCCC2)nn1. The molecule has 1 saturated carbocycles. The topological polar surface area (TPSA) is 80.0 Å². The van der Waals surface area contributed by atoms with Crippen LogP contribution in [0.15, 0.2) is 17.8 Å². The molecule has 3 rings (SSSR count). The molecule has 0 unspecified atom stereocenters. The molecule has 6 heteroatoms. The minimum absolute atomic E-state index is 0.0715. The van der Waals surface area contributed by atoms with Gasteiger partial charge in [-0.2, -0.15) is 0 Å². The predicted molar refractivity (Wildman–Crippen MR) is 86.6 cm³/mol. The summed E-state index contributed by atoms with van der Waals surface area (Å²) in [6.07, 6.45) is 11.0. The van der Waals surface area contributed by atoms with Gasteiger partial charge in [0.1, 0.15) is 11.3 Å². The van der Waals surface area contributed by atoms with Crippen LogP contribution in [0.1, 0.15) is 70.5 Å². The fourth-order valence-electron chi connectivity index (χ4n) is 3.45. The number of allylic oxidation sites excluding steroid dienone is 1. The van der Waals surface area contributed by atoms with Gasteiger partial charge in [-0.25, -0.2) is 4.68 Å². The molecule has 1 amide bonds. The molecular weight excluding hydrogens is 292 g/mol. The van der Waals surface area contributed by atoms with E-state index in [1.807, 2.05) is 10.9 Å². The molecule has 126 valence electrons. The van der Waals surface area contributed by atoms with E-state index in [1.165, 1.54) is 0 Å². The number of amides is 1. The maximum absolute atomic E-state index is 12.4. The van der Waals surface area contributed by atoms with Crippen LogP contribution in [0.4, 0.5) is 0 Å². The largest absolute Gasteiger partial charge is 0.384 e. The second-order valence-electron chi connectivity index (χ2n) is 7.20. The zero-order valence-corrected chi connectivity index (χ0v) is 14.0. The molecule has 0 bridgehead atoms. The first kappa shape index (κ1) is 16.2. The van der Waals surface area contributed by atoms with E-state index in [0.717, 1.165) is 50.5 Å².